The first-order valence-electron chi connectivity index (χ1n) is 6.87. The average molecular weight is 294 g/mol. The van der Waals surface area contributed by atoms with Gasteiger partial charge in [0, 0.05) is 5.56 Å². The lowest BCUT2D eigenvalue weighted by Gasteiger charge is -2.15. The van der Waals surface area contributed by atoms with Crippen molar-refractivity contribution < 1.29 is 18.3 Å². The van der Waals surface area contributed by atoms with E-state index < -0.39 is 23.6 Å². The van der Waals surface area contributed by atoms with Gasteiger partial charge in [-0.25, -0.2) is 13.2 Å². The van der Waals surface area contributed by atoms with Crippen LogP contribution in [0.3, 0.4) is 0 Å². The van der Waals surface area contributed by atoms with E-state index in [4.69, 9.17) is 0 Å². The van der Waals surface area contributed by atoms with Crippen LogP contribution in [0.15, 0.2) is 36.4 Å². The Labute approximate surface area is 122 Å². The Hall–Kier alpha value is -1.81. The van der Waals surface area contributed by atoms with Crippen LogP contribution in [0.4, 0.5) is 13.2 Å². The smallest absolute Gasteiger partial charge is 0.194 e. The Morgan fingerprint density at radius 3 is 2.05 bits per heavy atom. The van der Waals surface area contributed by atoms with Crippen LogP contribution in [0, 0.1) is 17.5 Å². The minimum Gasteiger partial charge on any atom is -0.384 e. The molecule has 2 rings (SSSR count). The van der Waals surface area contributed by atoms with E-state index in [0.29, 0.717) is 11.5 Å². The lowest BCUT2D eigenvalue weighted by atomic mass is 9.94. The first-order chi connectivity index (χ1) is 9.95. The molecular formula is C17H17F3O. The van der Waals surface area contributed by atoms with Crippen molar-refractivity contribution in [3.63, 3.8) is 0 Å². The van der Waals surface area contributed by atoms with E-state index in [0.717, 1.165) is 24.1 Å². The number of rotatable bonds is 4. The maximum Gasteiger partial charge on any atom is 0.194 e. The predicted molar refractivity (Wildman–Crippen MR) is 75.5 cm³/mol. The fourth-order valence-corrected chi connectivity index (χ4v) is 2.17. The highest BCUT2D eigenvalue weighted by molar-refractivity contribution is 5.34. The Bertz CT molecular complexity index is 623. The van der Waals surface area contributed by atoms with Crippen LogP contribution < -0.4 is 0 Å². The highest BCUT2D eigenvalue weighted by Gasteiger charge is 2.20. The summed E-state index contributed by atoms with van der Waals surface area (Å²) in [6.45, 7) is 4.16. The summed E-state index contributed by atoms with van der Waals surface area (Å²) < 4.78 is 39.8. The summed E-state index contributed by atoms with van der Waals surface area (Å²) in [6, 6.07) is 8.92. The molecule has 0 bridgehead atoms. The quantitative estimate of drug-likeness (QED) is 0.810. The van der Waals surface area contributed by atoms with E-state index >= 15 is 0 Å². The van der Waals surface area contributed by atoms with Gasteiger partial charge in [-0.3, -0.25) is 0 Å². The molecule has 112 valence electrons. The highest BCUT2D eigenvalue weighted by atomic mass is 19.2. The van der Waals surface area contributed by atoms with Gasteiger partial charge in [0.2, 0.25) is 0 Å². The second-order valence-electron chi connectivity index (χ2n) is 5.14. The second-order valence-corrected chi connectivity index (χ2v) is 5.14. The Kier molecular flexibility index (Phi) is 4.68. The fraction of sp³-hybridized carbons (Fsp3) is 0.294. The van der Waals surface area contributed by atoms with Gasteiger partial charge in [0.05, 0.1) is 0 Å². The van der Waals surface area contributed by atoms with Crippen LogP contribution in [-0.4, -0.2) is 5.11 Å². The zero-order valence-corrected chi connectivity index (χ0v) is 11.9. The van der Waals surface area contributed by atoms with Crippen molar-refractivity contribution in [2.24, 2.45) is 0 Å². The third-order valence-electron chi connectivity index (χ3n) is 3.79. The SMILES string of the molecule is CCC(C)c1ccc(C(O)c2ccc(F)c(F)c2F)cc1. The zero-order chi connectivity index (χ0) is 15.6. The molecule has 1 nitrogen and oxygen atoms in total. The van der Waals surface area contributed by atoms with Crippen molar-refractivity contribution in [1.29, 1.82) is 0 Å². The molecular weight excluding hydrogens is 277 g/mol. The summed E-state index contributed by atoms with van der Waals surface area (Å²) in [7, 11) is 0. The minimum absolute atomic E-state index is 0.273. The van der Waals surface area contributed by atoms with Crippen molar-refractivity contribution in [3.05, 3.63) is 70.5 Å². The second kappa shape index (κ2) is 6.31. The monoisotopic (exact) mass is 294 g/mol. The van der Waals surface area contributed by atoms with Gasteiger partial charge in [0.1, 0.15) is 6.10 Å². The maximum absolute atomic E-state index is 13.7. The Balaban J connectivity index is 2.32. The molecule has 2 aromatic carbocycles. The van der Waals surface area contributed by atoms with Crippen molar-refractivity contribution in [2.75, 3.05) is 0 Å². The van der Waals surface area contributed by atoms with E-state index in [1.165, 1.54) is 0 Å². The van der Waals surface area contributed by atoms with E-state index in [2.05, 4.69) is 13.8 Å². The van der Waals surface area contributed by atoms with Crippen LogP contribution in [0.1, 0.15) is 49.0 Å². The fourth-order valence-electron chi connectivity index (χ4n) is 2.17. The number of benzene rings is 2. The number of halogens is 3. The highest BCUT2D eigenvalue weighted by Crippen LogP contribution is 2.28. The topological polar surface area (TPSA) is 20.2 Å². The normalized spacial score (nSPS) is 14.0. The van der Waals surface area contributed by atoms with Crippen LogP contribution in [0.5, 0.6) is 0 Å². The van der Waals surface area contributed by atoms with Gasteiger partial charge >= 0.3 is 0 Å². The molecule has 2 aromatic rings. The summed E-state index contributed by atoms with van der Waals surface area (Å²) in [4.78, 5) is 0. The molecule has 2 atom stereocenters. The largest absolute Gasteiger partial charge is 0.384 e. The van der Waals surface area contributed by atoms with Gasteiger partial charge in [-0.05, 0) is 29.5 Å². The molecule has 0 aromatic heterocycles. The van der Waals surface area contributed by atoms with Gasteiger partial charge in [-0.2, -0.15) is 0 Å². The van der Waals surface area contributed by atoms with Crippen LogP contribution in [0.25, 0.3) is 0 Å². The van der Waals surface area contributed by atoms with Gasteiger partial charge in [-0.15, -0.1) is 0 Å². The molecule has 0 spiro atoms. The zero-order valence-electron chi connectivity index (χ0n) is 11.9. The standard InChI is InChI=1S/C17H17F3O/c1-3-10(2)11-4-6-12(7-5-11)17(21)13-8-9-14(18)16(20)15(13)19/h4-10,17,21H,3H2,1-2H3. The molecule has 0 radical (unpaired) electrons. The van der Waals surface area contributed by atoms with Crippen molar-refractivity contribution >= 4 is 0 Å². The maximum atomic E-state index is 13.7. The number of hydrogen-bond acceptors (Lipinski definition) is 1. The third-order valence-corrected chi connectivity index (χ3v) is 3.79. The molecule has 0 saturated carbocycles. The molecule has 0 fully saturated rings. The van der Waals surface area contributed by atoms with Gasteiger partial charge in [-0.1, -0.05) is 44.2 Å². The molecule has 0 saturated heterocycles. The van der Waals surface area contributed by atoms with E-state index in [1.54, 1.807) is 12.1 Å². The van der Waals surface area contributed by atoms with Crippen molar-refractivity contribution in [2.45, 2.75) is 32.3 Å². The third kappa shape index (κ3) is 3.10. The lowest BCUT2D eigenvalue weighted by Crippen LogP contribution is -2.06. The van der Waals surface area contributed by atoms with Gasteiger partial charge in [0.25, 0.3) is 0 Å². The molecule has 21 heavy (non-hydrogen) atoms. The van der Waals surface area contributed by atoms with E-state index in [1.807, 2.05) is 12.1 Å². The van der Waals surface area contributed by atoms with Crippen molar-refractivity contribution in [1.82, 2.24) is 0 Å². The first-order valence-corrected chi connectivity index (χ1v) is 6.87. The Morgan fingerprint density at radius 1 is 0.905 bits per heavy atom. The number of aliphatic hydroxyl groups is 1. The van der Waals surface area contributed by atoms with Crippen molar-refractivity contribution in [3.8, 4) is 0 Å². The first kappa shape index (κ1) is 15.6. The van der Waals surface area contributed by atoms with Crippen LogP contribution >= 0.6 is 0 Å². The summed E-state index contributed by atoms with van der Waals surface area (Å²) in [5.74, 6) is -3.80. The number of aliphatic hydroxyl groups excluding tert-OH is 1. The molecule has 0 aliphatic rings. The van der Waals surface area contributed by atoms with E-state index in [9.17, 15) is 18.3 Å². The van der Waals surface area contributed by atoms with Gasteiger partial charge < -0.3 is 5.11 Å². The summed E-state index contributed by atoms with van der Waals surface area (Å²) in [5.41, 5.74) is 1.27. The summed E-state index contributed by atoms with van der Waals surface area (Å²) in [6.07, 6.45) is -0.342. The van der Waals surface area contributed by atoms with Crippen LogP contribution in [0.2, 0.25) is 0 Å². The predicted octanol–water partition coefficient (Wildman–Crippen LogP) is 4.70. The van der Waals surface area contributed by atoms with Gasteiger partial charge in [0.15, 0.2) is 17.5 Å². The molecule has 0 amide bonds. The molecule has 0 aliphatic heterocycles. The lowest BCUT2D eigenvalue weighted by molar-refractivity contribution is 0.212. The molecule has 0 heterocycles. The molecule has 4 heteroatoms. The molecule has 2 unspecified atom stereocenters. The molecule has 1 N–H and O–H groups in total. The summed E-state index contributed by atoms with van der Waals surface area (Å²) >= 11 is 0. The van der Waals surface area contributed by atoms with Crippen LogP contribution in [-0.2, 0) is 0 Å². The average Bonchev–Trinajstić information content (AvgIpc) is 2.51. The van der Waals surface area contributed by atoms with E-state index in [-0.39, 0.29) is 5.56 Å². The number of hydrogen-bond donors (Lipinski definition) is 1. The molecule has 0 aliphatic carbocycles. The summed E-state index contributed by atoms with van der Waals surface area (Å²) in [5, 5.41) is 10.1. The minimum atomic E-state index is -1.57. The Morgan fingerprint density at radius 2 is 1.48 bits per heavy atom.